The zero-order valence-electron chi connectivity index (χ0n) is 13.9. The molecule has 0 aliphatic heterocycles. The van der Waals surface area contributed by atoms with E-state index in [-0.39, 0.29) is 0 Å². The predicted molar refractivity (Wildman–Crippen MR) is 88.6 cm³/mol. The molecule has 0 bridgehead atoms. The van der Waals surface area contributed by atoms with E-state index in [0.717, 1.165) is 5.56 Å². The van der Waals surface area contributed by atoms with E-state index in [9.17, 15) is 4.79 Å². The normalized spacial score (nSPS) is 13.8. The molecule has 0 fully saturated rings. The maximum absolute atomic E-state index is 12.2. The third kappa shape index (κ3) is 7.76. The number of alkyl halides is 1. The highest BCUT2D eigenvalue weighted by molar-refractivity contribution is 6.17. The number of ether oxygens (including phenoxy) is 1. The maximum atomic E-state index is 12.2. The molecule has 0 spiro atoms. The van der Waals surface area contributed by atoms with Gasteiger partial charge in [-0.05, 0) is 32.8 Å². The highest BCUT2D eigenvalue weighted by Crippen LogP contribution is 2.11. The summed E-state index contributed by atoms with van der Waals surface area (Å²) in [7, 11) is 0. The van der Waals surface area contributed by atoms with Gasteiger partial charge in [-0.15, -0.1) is 11.6 Å². The Morgan fingerprint density at radius 1 is 1.38 bits per heavy atom. The summed E-state index contributed by atoms with van der Waals surface area (Å²) in [5.74, 6) is 0.439. The van der Waals surface area contributed by atoms with Crippen molar-refractivity contribution in [3.8, 4) is 0 Å². The van der Waals surface area contributed by atoms with Crippen molar-refractivity contribution in [2.75, 3.05) is 18.9 Å². The van der Waals surface area contributed by atoms with Crippen LogP contribution in [-0.2, 0) is 4.74 Å². The standard InChI is InChI=1S/C17H24ClNO2/c1-17(2,3)21-16(20)19(14-8-12-18)13-7-11-15-9-5-4-6-10-15/h4-7,9-11H,8,12-14H2,1-3H3/b11-7+/i13D. The van der Waals surface area contributed by atoms with E-state index in [1.807, 2.05) is 57.2 Å². The van der Waals surface area contributed by atoms with E-state index in [1.165, 1.54) is 4.90 Å². The number of carbonyl (C=O) groups is 1. The van der Waals surface area contributed by atoms with Crippen molar-refractivity contribution in [3.63, 3.8) is 0 Å². The Balaban J connectivity index is 2.77. The highest BCUT2D eigenvalue weighted by Gasteiger charge is 2.20. The van der Waals surface area contributed by atoms with E-state index >= 15 is 0 Å². The number of amides is 1. The van der Waals surface area contributed by atoms with E-state index in [0.29, 0.717) is 18.8 Å². The summed E-state index contributed by atoms with van der Waals surface area (Å²) < 4.78 is 13.6. The van der Waals surface area contributed by atoms with Crippen LogP contribution in [0.25, 0.3) is 6.08 Å². The molecule has 0 saturated carbocycles. The molecule has 1 unspecified atom stereocenters. The fourth-order valence-corrected chi connectivity index (χ4v) is 1.72. The summed E-state index contributed by atoms with van der Waals surface area (Å²) in [6.07, 6.45) is 3.63. The maximum Gasteiger partial charge on any atom is 0.410 e. The Morgan fingerprint density at radius 3 is 2.62 bits per heavy atom. The first-order valence-corrected chi connectivity index (χ1v) is 7.58. The second-order valence-electron chi connectivity index (χ2n) is 5.64. The van der Waals surface area contributed by atoms with E-state index in [4.69, 9.17) is 17.7 Å². The fraction of sp³-hybridized carbons (Fsp3) is 0.471. The molecule has 1 amide bonds. The number of carbonyl (C=O) groups excluding carboxylic acids is 1. The predicted octanol–water partition coefficient (Wildman–Crippen LogP) is 4.57. The van der Waals surface area contributed by atoms with Crippen LogP contribution < -0.4 is 0 Å². The molecule has 0 aromatic heterocycles. The van der Waals surface area contributed by atoms with Crippen molar-refractivity contribution in [2.24, 2.45) is 0 Å². The van der Waals surface area contributed by atoms with Crippen LogP contribution >= 0.6 is 11.6 Å². The van der Waals surface area contributed by atoms with E-state index < -0.39 is 18.2 Å². The molecule has 1 rings (SSSR count). The number of nitrogens with zero attached hydrogens (tertiary/aromatic N) is 1. The van der Waals surface area contributed by atoms with Gasteiger partial charge in [-0.2, -0.15) is 0 Å². The molecule has 4 heteroatoms. The molecule has 0 radical (unpaired) electrons. The van der Waals surface area contributed by atoms with Crippen LogP contribution in [-0.4, -0.2) is 35.5 Å². The second kappa shape index (κ2) is 8.73. The Kier molecular flexibility index (Phi) is 6.61. The molecule has 0 saturated heterocycles. The fourth-order valence-electron chi connectivity index (χ4n) is 1.60. The highest BCUT2D eigenvalue weighted by atomic mass is 35.5. The minimum atomic E-state index is -0.807. The number of hydrogen-bond acceptors (Lipinski definition) is 2. The van der Waals surface area contributed by atoms with Crippen LogP contribution in [0.4, 0.5) is 4.79 Å². The van der Waals surface area contributed by atoms with Gasteiger partial charge >= 0.3 is 6.09 Å². The van der Waals surface area contributed by atoms with Crippen molar-refractivity contribution in [1.82, 2.24) is 4.90 Å². The monoisotopic (exact) mass is 310 g/mol. The molecule has 116 valence electrons. The third-order valence-electron chi connectivity index (χ3n) is 2.51. The van der Waals surface area contributed by atoms with Gasteiger partial charge in [-0.3, -0.25) is 0 Å². The van der Waals surface area contributed by atoms with Crippen molar-refractivity contribution < 1.29 is 10.9 Å². The van der Waals surface area contributed by atoms with E-state index in [1.54, 1.807) is 6.08 Å². The molecule has 21 heavy (non-hydrogen) atoms. The number of benzene rings is 1. The molecule has 1 aromatic carbocycles. The second-order valence-corrected chi connectivity index (χ2v) is 6.01. The summed E-state index contributed by atoms with van der Waals surface area (Å²) in [6, 6.07) is 9.68. The zero-order chi connectivity index (χ0) is 16.6. The van der Waals surface area contributed by atoms with Gasteiger partial charge in [0.05, 0.1) is 1.37 Å². The molecule has 1 atom stereocenters. The molecular formula is C17H24ClNO2. The summed E-state index contributed by atoms with van der Waals surface area (Å²) in [5, 5.41) is 0. The van der Waals surface area contributed by atoms with Gasteiger partial charge in [-0.1, -0.05) is 42.5 Å². The smallest absolute Gasteiger partial charge is 0.410 e. The minimum Gasteiger partial charge on any atom is -0.444 e. The van der Waals surface area contributed by atoms with Crippen LogP contribution in [0.3, 0.4) is 0 Å². The van der Waals surface area contributed by atoms with Crippen LogP contribution in [0.1, 0.15) is 34.1 Å². The van der Waals surface area contributed by atoms with Gasteiger partial charge in [0.25, 0.3) is 0 Å². The quantitative estimate of drug-likeness (QED) is 0.721. The molecule has 1 aromatic rings. The Labute approximate surface area is 133 Å². The summed E-state index contributed by atoms with van der Waals surface area (Å²) in [5.41, 5.74) is 0.403. The van der Waals surface area contributed by atoms with Crippen molar-refractivity contribution in [3.05, 3.63) is 42.0 Å². The third-order valence-corrected chi connectivity index (χ3v) is 2.78. The molecular weight excluding hydrogens is 286 g/mol. The lowest BCUT2D eigenvalue weighted by atomic mass is 10.2. The zero-order valence-corrected chi connectivity index (χ0v) is 13.6. The van der Waals surface area contributed by atoms with Crippen LogP contribution in [0, 0.1) is 0 Å². The topological polar surface area (TPSA) is 29.5 Å². The van der Waals surface area contributed by atoms with Crippen LogP contribution in [0.15, 0.2) is 36.4 Å². The van der Waals surface area contributed by atoms with Crippen molar-refractivity contribution >= 4 is 23.8 Å². The molecule has 3 nitrogen and oxygen atoms in total. The number of halogens is 1. The van der Waals surface area contributed by atoms with Gasteiger partial charge < -0.3 is 9.64 Å². The molecule has 0 aliphatic carbocycles. The van der Waals surface area contributed by atoms with Gasteiger partial charge in [-0.25, -0.2) is 4.79 Å². The van der Waals surface area contributed by atoms with Gasteiger partial charge in [0.1, 0.15) is 5.60 Å². The number of hydrogen-bond donors (Lipinski definition) is 0. The average Bonchev–Trinajstić information content (AvgIpc) is 2.44. The summed E-state index contributed by atoms with van der Waals surface area (Å²) in [4.78, 5) is 13.6. The Hall–Kier alpha value is -1.48. The van der Waals surface area contributed by atoms with Gasteiger partial charge in [0.15, 0.2) is 0 Å². The Morgan fingerprint density at radius 2 is 2.05 bits per heavy atom. The van der Waals surface area contributed by atoms with E-state index in [2.05, 4.69) is 0 Å². The first kappa shape index (κ1) is 15.9. The lowest BCUT2D eigenvalue weighted by molar-refractivity contribution is 0.0272. The average molecular weight is 311 g/mol. The van der Waals surface area contributed by atoms with Gasteiger partial charge in [0, 0.05) is 18.9 Å². The van der Waals surface area contributed by atoms with Crippen LogP contribution in [0.2, 0.25) is 0 Å². The molecule has 0 heterocycles. The van der Waals surface area contributed by atoms with Gasteiger partial charge in [0.2, 0.25) is 0 Å². The lowest BCUT2D eigenvalue weighted by Crippen LogP contribution is -2.37. The Bertz CT molecular complexity index is 485. The van der Waals surface area contributed by atoms with Crippen LogP contribution in [0.5, 0.6) is 0 Å². The largest absolute Gasteiger partial charge is 0.444 e. The van der Waals surface area contributed by atoms with Crippen molar-refractivity contribution in [1.29, 1.82) is 0 Å². The molecule has 0 N–H and O–H groups in total. The van der Waals surface area contributed by atoms with Crippen molar-refractivity contribution in [2.45, 2.75) is 32.8 Å². The minimum absolute atomic E-state index is 0.395. The molecule has 0 aliphatic rings. The SMILES string of the molecule is [2H]C(/C=C/c1ccccc1)N(CCCCl)C(=O)OC(C)(C)C. The summed E-state index contributed by atoms with van der Waals surface area (Å²) >= 11 is 5.70. The number of rotatable bonds is 6. The lowest BCUT2D eigenvalue weighted by Gasteiger charge is -2.26. The summed E-state index contributed by atoms with van der Waals surface area (Å²) in [6.45, 7) is 5.01. The first-order chi connectivity index (χ1) is 10.3. The first-order valence-electron chi connectivity index (χ1n) is 7.62.